The highest BCUT2D eigenvalue weighted by Crippen LogP contribution is 2.56. The number of rotatable bonds is 3. The van der Waals surface area contributed by atoms with Crippen LogP contribution in [0.3, 0.4) is 0 Å². The number of hydrogen-bond donors (Lipinski definition) is 0. The number of alkyl halides is 3. The summed E-state index contributed by atoms with van der Waals surface area (Å²) in [6.07, 6.45) is 0. The van der Waals surface area contributed by atoms with Crippen LogP contribution in [0.4, 0.5) is 0 Å². The van der Waals surface area contributed by atoms with E-state index in [0.717, 1.165) is 0 Å². The third kappa shape index (κ3) is 5.04. The fraction of sp³-hybridized carbons (Fsp3) is 0.929. The molecule has 0 aliphatic carbocycles. The molecule has 0 aromatic rings. The normalized spacial score (nSPS) is 25.5. The lowest BCUT2D eigenvalue weighted by Crippen LogP contribution is -2.48. The molecule has 150 valence electrons. The van der Waals surface area contributed by atoms with Crippen molar-refractivity contribution < 1.29 is 18.8 Å². The van der Waals surface area contributed by atoms with E-state index >= 15 is 0 Å². The molecular formula is C14H24Cl3N4O4P. The molecule has 0 spiro atoms. The van der Waals surface area contributed by atoms with Crippen molar-refractivity contribution in [1.29, 1.82) is 0 Å². The van der Waals surface area contributed by atoms with Gasteiger partial charge in [0.05, 0.1) is 39.6 Å². The number of hydrogen-bond acceptors (Lipinski definition) is 4. The molecule has 0 N–H and O–H groups in total. The van der Waals surface area contributed by atoms with Gasteiger partial charge in [0.25, 0.3) is 0 Å². The van der Waals surface area contributed by atoms with Crippen molar-refractivity contribution in [3.8, 4) is 0 Å². The maximum atomic E-state index is 14.1. The van der Waals surface area contributed by atoms with E-state index < -0.39 is 11.4 Å². The molecule has 0 saturated carbocycles. The Morgan fingerprint density at radius 2 is 1.15 bits per heavy atom. The molecule has 8 nitrogen and oxygen atoms in total. The van der Waals surface area contributed by atoms with E-state index in [9.17, 15) is 4.57 Å². The van der Waals surface area contributed by atoms with Crippen LogP contribution >= 0.6 is 42.4 Å². The SMILES string of the molecule is O=P(N=C(N1CCOCC1)C(Cl)(Cl)Cl)(N1CCOCC1)N1CCOCC1. The quantitative estimate of drug-likeness (QED) is 0.282. The van der Waals surface area contributed by atoms with Gasteiger partial charge in [-0.1, -0.05) is 34.8 Å². The number of amidine groups is 1. The molecule has 12 heteroatoms. The predicted octanol–water partition coefficient (Wildman–Crippen LogP) is 1.86. The van der Waals surface area contributed by atoms with Gasteiger partial charge in [0.15, 0.2) is 5.84 Å². The van der Waals surface area contributed by atoms with Crippen molar-refractivity contribution in [1.82, 2.24) is 14.2 Å². The molecule has 3 aliphatic heterocycles. The molecule has 3 saturated heterocycles. The summed E-state index contributed by atoms with van der Waals surface area (Å²) < 4.78 is 36.9. The van der Waals surface area contributed by atoms with E-state index in [2.05, 4.69) is 4.76 Å². The summed E-state index contributed by atoms with van der Waals surface area (Å²) in [5.41, 5.74) is 0. The van der Waals surface area contributed by atoms with E-state index in [1.807, 2.05) is 14.2 Å². The highest BCUT2D eigenvalue weighted by molar-refractivity contribution is 7.58. The molecule has 3 heterocycles. The van der Waals surface area contributed by atoms with E-state index in [-0.39, 0.29) is 5.84 Å². The summed E-state index contributed by atoms with van der Waals surface area (Å²) in [6, 6.07) is 0. The van der Waals surface area contributed by atoms with Crippen molar-refractivity contribution in [3.63, 3.8) is 0 Å². The Bertz CT molecular complexity index is 523. The maximum absolute atomic E-state index is 14.1. The molecule has 26 heavy (non-hydrogen) atoms. The van der Waals surface area contributed by atoms with Gasteiger partial charge < -0.3 is 19.1 Å². The molecular weight excluding hydrogens is 426 g/mol. The minimum atomic E-state index is -3.33. The van der Waals surface area contributed by atoms with E-state index in [1.165, 1.54) is 0 Å². The van der Waals surface area contributed by atoms with Gasteiger partial charge in [-0.05, 0) is 0 Å². The van der Waals surface area contributed by atoms with Crippen LogP contribution in [0.15, 0.2) is 4.76 Å². The number of halogens is 3. The summed E-state index contributed by atoms with van der Waals surface area (Å²) in [7, 11) is -3.33. The van der Waals surface area contributed by atoms with Crippen LogP contribution < -0.4 is 0 Å². The van der Waals surface area contributed by atoms with Gasteiger partial charge >= 0.3 is 7.59 Å². The average Bonchev–Trinajstić information content (AvgIpc) is 2.67. The van der Waals surface area contributed by atoms with Gasteiger partial charge in [-0.2, -0.15) is 4.76 Å². The maximum Gasteiger partial charge on any atom is 0.331 e. The Kier molecular flexibility index (Phi) is 7.50. The third-order valence-corrected chi connectivity index (χ3v) is 7.73. The minimum absolute atomic E-state index is 0.215. The van der Waals surface area contributed by atoms with E-state index in [4.69, 9.17) is 49.0 Å². The van der Waals surface area contributed by atoms with Crippen molar-refractivity contribution in [2.45, 2.75) is 3.79 Å². The number of nitrogens with zero attached hydrogens (tertiary/aromatic N) is 4. The van der Waals surface area contributed by atoms with Crippen molar-refractivity contribution in [2.75, 3.05) is 78.9 Å². The Labute approximate surface area is 168 Å². The van der Waals surface area contributed by atoms with Gasteiger partial charge in [0, 0.05) is 39.3 Å². The molecule has 3 rings (SSSR count). The smallest absolute Gasteiger partial charge is 0.331 e. The second kappa shape index (κ2) is 9.25. The molecule has 0 aromatic heterocycles. The average molecular weight is 450 g/mol. The van der Waals surface area contributed by atoms with Crippen LogP contribution in [-0.4, -0.2) is 103 Å². The highest BCUT2D eigenvalue weighted by Gasteiger charge is 2.43. The lowest BCUT2D eigenvalue weighted by molar-refractivity contribution is 0.0521. The van der Waals surface area contributed by atoms with Gasteiger partial charge in [-0.3, -0.25) is 4.57 Å². The Morgan fingerprint density at radius 3 is 1.54 bits per heavy atom. The first-order chi connectivity index (χ1) is 12.4. The van der Waals surface area contributed by atoms with Crippen LogP contribution in [-0.2, 0) is 18.8 Å². The summed E-state index contributed by atoms with van der Waals surface area (Å²) in [5, 5.41) is 0. The van der Waals surface area contributed by atoms with Gasteiger partial charge in [-0.15, -0.1) is 0 Å². The third-order valence-electron chi connectivity index (χ3n) is 4.50. The summed E-state index contributed by atoms with van der Waals surface area (Å²) in [5.74, 6) is 0.215. The predicted molar refractivity (Wildman–Crippen MR) is 103 cm³/mol. The lowest BCUT2D eigenvalue weighted by Gasteiger charge is -2.41. The Hall–Kier alpha value is 0.370. The zero-order valence-electron chi connectivity index (χ0n) is 14.5. The molecule has 0 aromatic carbocycles. The largest absolute Gasteiger partial charge is 0.379 e. The zero-order chi connectivity index (χ0) is 18.6. The first kappa shape index (κ1) is 21.1. The number of morpholine rings is 3. The summed E-state index contributed by atoms with van der Waals surface area (Å²) >= 11 is 18.7. The molecule has 0 radical (unpaired) electrons. The first-order valence-corrected chi connectivity index (χ1v) is 11.4. The van der Waals surface area contributed by atoms with Crippen molar-refractivity contribution >= 4 is 48.2 Å². The van der Waals surface area contributed by atoms with Gasteiger partial charge in [0.2, 0.25) is 3.79 Å². The van der Waals surface area contributed by atoms with Crippen LogP contribution in [0.1, 0.15) is 0 Å². The summed E-state index contributed by atoms with van der Waals surface area (Å²) in [4.78, 5) is 1.85. The van der Waals surface area contributed by atoms with Crippen LogP contribution in [0.25, 0.3) is 0 Å². The second-order valence-corrected chi connectivity index (χ2v) is 10.8. The Morgan fingerprint density at radius 1 is 0.769 bits per heavy atom. The summed E-state index contributed by atoms with van der Waals surface area (Å²) in [6.45, 7) is 6.21. The second-order valence-electron chi connectivity index (χ2n) is 6.17. The van der Waals surface area contributed by atoms with Gasteiger partial charge in [0.1, 0.15) is 0 Å². The van der Waals surface area contributed by atoms with Crippen molar-refractivity contribution in [2.24, 2.45) is 4.76 Å². The standard InChI is InChI=1S/C14H24Cl3N4O4P/c15-14(16,17)13(19-1-7-23-8-2-19)18-26(22,20-3-9-24-10-4-20)21-5-11-25-12-6-21/h1-12H2. The molecule has 0 atom stereocenters. The lowest BCUT2D eigenvalue weighted by atomic mass is 10.4. The molecule has 0 unspecified atom stereocenters. The van der Waals surface area contributed by atoms with Crippen LogP contribution in [0.2, 0.25) is 0 Å². The molecule has 3 aliphatic rings. The minimum Gasteiger partial charge on any atom is -0.379 e. The van der Waals surface area contributed by atoms with E-state index in [1.54, 1.807) is 0 Å². The number of ether oxygens (including phenoxy) is 3. The highest BCUT2D eigenvalue weighted by atomic mass is 35.6. The van der Waals surface area contributed by atoms with Crippen LogP contribution in [0.5, 0.6) is 0 Å². The fourth-order valence-corrected chi connectivity index (χ4v) is 6.30. The molecule has 0 amide bonds. The molecule has 0 bridgehead atoms. The monoisotopic (exact) mass is 448 g/mol. The van der Waals surface area contributed by atoms with Crippen molar-refractivity contribution in [3.05, 3.63) is 0 Å². The first-order valence-electron chi connectivity index (χ1n) is 8.68. The van der Waals surface area contributed by atoms with Gasteiger partial charge in [-0.25, -0.2) is 9.34 Å². The molecule has 3 fully saturated rings. The van der Waals surface area contributed by atoms with Crippen LogP contribution in [0, 0.1) is 0 Å². The zero-order valence-corrected chi connectivity index (χ0v) is 17.7. The van der Waals surface area contributed by atoms with E-state index in [0.29, 0.717) is 78.9 Å². The topological polar surface area (TPSA) is 66.8 Å². The fourth-order valence-electron chi connectivity index (χ4n) is 3.13. The Balaban J connectivity index is 1.96.